The molecule has 8 aromatic rings. The molecule has 293 valence electrons. The second-order valence-corrected chi connectivity index (χ2v) is 17.7. The summed E-state index contributed by atoms with van der Waals surface area (Å²) >= 11 is 0. The molecule has 0 amide bonds. The monoisotopic (exact) mass is 939 g/mol. The van der Waals surface area contributed by atoms with Gasteiger partial charge in [-0.3, -0.25) is 4.98 Å². The van der Waals surface area contributed by atoms with Crippen molar-refractivity contribution in [1.29, 1.82) is 0 Å². The summed E-state index contributed by atoms with van der Waals surface area (Å²) in [5.74, 6) is 0.942. The first-order valence-electron chi connectivity index (χ1n) is 21.4. The van der Waals surface area contributed by atoms with Crippen molar-refractivity contribution in [2.24, 2.45) is 0 Å². The van der Waals surface area contributed by atoms with E-state index in [1.165, 1.54) is 22.2 Å². The molecule has 0 unspecified atom stereocenters. The van der Waals surface area contributed by atoms with Gasteiger partial charge in [0.2, 0.25) is 0 Å². The molecule has 0 N–H and O–H groups in total. The van der Waals surface area contributed by atoms with E-state index in [0.717, 1.165) is 61.5 Å². The number of aromatic nitrogens is 3. The molecule has 5 heterocycles. The number of nitrogens with zero attached hydrogens (tertiary/aromatic N) is 5. The fraction of sp³-hybridized carbons (Fsp3) is 0.255. The van der Waals surface area contributed by atoms with E-state index in [1.54, 1.807) is 6.07 Å². The predicted octanol–water partition coefficient (Wildman–Crippen LogP) is 11.8. The molecule has 58 heavy (non-hydrogen) atoms. The van der Waals surface area contributed by atoms with Crippen molar-refractivity contribution in [2.75, 3.05) is 9.62 Å². The maximum absolute atomic E-state index is 8.12. The zero-order valence-corrected chi connectivity index (χ0v) is 37.1. The average molecular weight is 939 g/mol. The fourth-order valence-electron chi connectivity index (χ4n) is 9.08. The summed E-state index contributed by atoms with van der Waals surface area (Å²) in [5, 5.41) is 2.57. The van der Waals surface area contributed by atoms with Crippen LogP contribution in [0.15, 0.2) is 122 Å². The van der Waals surface area contributed by atoms with E-state index >= 15 is 0 Å². The van der Waals surface area contributed by atoms with E-state index in [2.05, 4.69) is 161 Å². The van der Waals surface area contributed by atoms with Crippen molar-refractivity contribution in [1.82, 2.24) is 14.4 Å². The molecule has 0 fully saturated rings. The Labute approximate surface area is 361 Å². The Morgan fingerprint density at radius 1 is 0.741 bits per heavy atom. The van der Waals surface area contributed by atoms with Crippen LogP contribution in [0.4, 0.5) is 22.9 Å². The average Bonchev–Trinajstić information content (AvgIpc) is 3.81. The number of fused-ring (bicyclic) bond motifs is 4. The van der Waals surface area contributed by atoms with Crippen LogP contribution in [0.2, 0.25) is 0 Å². The molecule has 2 aliphatic heterocycles. The third-order valence-electron chi connectivity index (χ3n) is 12.9. The van der Waals surface area contributed by atoms with E-state index < -0.39 is 6.85 Å². The fourth-order valence-corrected chi connectivity index (χ4v) is 9.08. The zero-order valence-electron chi connectivity index (χ0n) is 37.7. The minimum atomic E-state index is -2.19. The number of benzene rings is 5. The number of hydrogen-bond donors (Lipinski definition) is 0. The van der Waals surface area contributed by atoms with Gasteiger partial charge in [0.1, 0.15) is 5.82 Å². The Kier molecular flexibility index (Phi) is 8.82. The number of para-hydroxylation sites is 2. The summed E-state index contributed by atoms with van der Waals surface area (Å²) in [6.45, 7) is 17.8. The number of aryl methyl sites for hydroxylation is 3. The molecule has 7 heteroatoms. The van der Waals surface area contributed by atoms with E-state index in [4.69, 9.17) is 14.1 Å². The van der Waals surface area contributed by atoms with E-state index in [1.807, 2.05) is 42.7 Å². The Balaban J connectivity index is 0.000000169. The molecular weight excluding hydrogens is 886 g/mol. The molecule has 10 rings (SSSR count). The third-order valence-corrected chi connectivity index (χ3v) is 12.9. The van der Waals surface area contributed by atoms with Gasteiger partial charge in [0, 0.05) is 64.3 Å². The molecule has 0 aliphatic carbocycles. The first kappa shape index (κ1) is 35.9. The van der Waals surface area contributed by atoms with Gasteiger partial charge in [0.15, 0.2) is 0 Å². The number of imidazole rings is 1. The Morgan fingerprint density at radius 2 is 1.47 bits per heavy atom. The minimum Gasteiger partial charge on any atom is -0.415 e. The molecule has 0 saturated carbocycles. The number of rotatable bonds is 3. The molecule has 5 nitrogen and oxygen atoms in total. The van der Waals surface area contributed by atoms with Crippen LogP contribution < -0.4 is 15.1 Å². The van der Waals surface area contributed by atoms with Crippen molar-refractivity contribution in [3.05, 3.63) is 167 Å². The van der Waals surface area contributed by atoms with Crippen molar-refractivity contribution >= 4 is 62.6 Å². The summed E-state index contributed by atoms with van der Waals surface area (Å²) in [6.07, 6.45) is 3.88. The molecule has 0 bridgehead atoms. The third kappa shape index (κ3) is 5.92. The quantitative estimate of drug-likeness (QED) is 0.100. The van der Waals surface area contributed by atoms with Gasteiger partial charge in [-0.25, -0.2) is 4.98 Å². The Bertz CT molecular complexity index is 2950. The molecule has 0 saturated heterocycles. The van der Waals surface area contributed by atoms with Gasteiger partial charge in [0.25, 0.3) is 0 Å². The van der Waals surface area contributed by atoms with Crippen molar-refractivity contribution in [2.45, 2.75) is 85.4 Å². The zero-order chi connectivity index (χ0) is 42.5. The first-order chi connectivity index (χ1) is 28.4. The topological polar surface area (TPSA) is 36.7 Å². The van der Waals surface area contributed by atoms with E-state index in [-0.39, 0.29) is 43.3 Å². The van der Waals surface area contributed by atoms with E-state index in [9.17, 15) is 0 Å². The van der Waals surface area contributed by atoms with Crippen molar-refractivity contribution in [3.8, 4) is 0 Å². The van der Waals surface area contributed by atoms with Gasteiger partial charge >= 0.3 is 6.98 Å². The maximum Gasteiger partial charge on any atom is 0.409 e. The molecule has 2 aliphatic rings. The van der Waals surface area contributed by atoms with Crippen LogP contribution in [-0.2, 0) is 36.4 Å². The number of hydrogen-bond acceptors (Lipinski definition) is 4. The summed E-state index contributed by atoms with van der Waals surface area (Å²) in [7, 11) is 0. The first-order valence-corrected chi connectivity index (χ1v) is 19.9. The Morgan fingerprint density at radius 3 is 2.19 bits per heavy atom. The summed E-state index contributed by atoms with van der Waals surface area (Å²) in [6, 6.07) is 44.2. The molecule has 0 spiro atoms. The van der Waals surface area contributed by atoms with Gasteiger partial charge in [0.05, 0.1) is 5.65 Å². The van der Waals surface area contributed by atoms with Crippen LogP contribution in [0.1, 0.15) is 86.1 Å². The number of anilines is 4. The van der Waals surface area contributed by atoms with Crippen molar-refractivity contribution in [3.63, 3.8) is 0 Å². The molecule has 0 atom stereocenters. The van der Waals surface area contributed by atoms with Crippen LogP contribution in [0.25, 0.3) is 27.3 Å². The minimum absolute atomic E-state index is 0. The summed E-state index contributed by atoms with van der Waals surface area (Å²) in [5.41, 5.74) is 12.6. The van der Waals surface area contributed by atoms with Gasteiger partial charge in [-0.2, -0.15) is 18.2 Å². The van der Waals surface area contributed by atoms with Gasteiger partial charge in [-0.15, -0.1) is 35.7 Å². The number of pyridine rings is 2. The summed E-state index contributed by atoms with van der Waals surface area (Å²) < 4.78 is 26.5. The molecule has 1 radical (unpaired) electrons. The van der Waals surface area contributed by atoms with E-state index in [0.29, 0.717) is 5.56 Å². The molecule has 5 aromatic carbocycles. The SMILES string of the molecule is Cc1cccc(C)c1B1N(c2cc(C(C)(C)C)ccn2)c2[c-]cccc2N1c1ccccc1.[2H]C([2H])([2H])c1ccc2c3c1c1ccc[c-]c1c1ncc(n13)C(C)(C)C2(C)C.[Ir]. The predicted molar refractivity (Wildman–Crippen MR) is 240 cm³/mol. The molecular formula is C51H50BIrN5-2. The Hall–Kier alpha value is -5.23. The second kappa shape index (κ2) is 14.3. The normalized spacial score (nSPS) is 16.1. The molecule has 3 aromatic heterocycles. The smallest absolute Gasteiger partial charge is 0.409 e. The van der Waals surface area contributed by atoms with Crippen LogP contribution >= 0.6 is 0 Å². The van der Waals surface area contributed by atoms with Gasteiger partial charge < -0.3 is 14.0 Å². The van der Waals surface area contributed by atoms with Gasteiger partial charge in [-0.1, -0.05) is 130 Å². The van der Waals surface area contributed by atoms with Crippen molar-refractivity contribution < 1.29 is 24.2 Å². The van der Waals surface area contributed by atoms with Crippen LogP contribution in [0, 0.1) is 32.8 Å². The maximum atomic E-state index is 8.12. The summed E-state index contributed by atoms with van der Waals surface area (Å²) in [4.78, 5) is 14.4. The van der Waals surface area contributed by atoms with Gasteiger partial charge in [-0.05, 0) is 72.4 Å². The largest absolute Gasteiger partial charge is 0.415 e. The second-order valence-electron chi connectivity index (χ2n) is 17.7. The van der Waals surface area contributed by atoms with Crippen LogP contribution in [0.3, 0.4) is 0 Å². The van der Waals surface area contributed by atoms with Crippen LogP contribution in [-0.4, -0.2) is 21.4 Å². The standard InChI is InChI=1S/C29H29BN3.C22H21N2.Ir/c1-21-12-11-13-22(2)28(21)30-32(24-14-7-6-8-15-24)25-16-9-10-17-26(25)33(30)27-20-23(18-19-31-27)29(3,4)5;1-13-10-11-16-19-18(13)14-8-6-7-9-15(14)20-23-12-17(24(19)20)22(4,5)21(16,2)3;/h6-16,18-20H,1-5H3;6-8,10-12H,1-5H3;/q2*-1;/i;1D3;. The van der Waals surface area contributed by atoms with Crippen LogP contribution in [0.5, 0.6) is 0 Å².